The number of quaternary nitrogens is 1. The Balaban J connectivity index is 0.000000980. The summed E-state index contributed by atoms with van der Waals surface area (Å²) in [5.74, 6) is -1.08. The number of nitrogens with one attached hydrogen (secondary N) is 1. The number of rotatable bonds is 11. The maximum atomic E-state index is 8.89. The summed E-state index contributed by atoms with van der Waals surface area (Å²) in [5, 5.41) is 8.89. The van der Waals surface area contributed by atoms with E-state index in [1.165, 1.54) is 103 Å². The topological polar surface area (TPSA) is 44.6 Å². The molecular formula is C19H39NO2. The fourth-order valence-electron chi connectivity index (χ4n) is 3.16. The van der Waals surface area contributed by atoms with Crippen molar-refractivity contribution in [3.8, 4) is 0 Å². The highest BCUT2D eigenvalue weighted by Crippen LogP contribution is 2.10. The number of carbonyl (C=O) groups excluding carboxylic acids is 1. The Morgan fingerprint density at radius 1 is 0.818 bits per heavy atom. The van der Waals surface area contributed by atoms with Crippen LogP contribution in [-0.4, -0.2) is 25.6 Å². The first-order valence-electron chi connectivity index (χ1n) is 9.68. The van der Waals surface area contributed by atoms with E-state index in [1.54, 1.807) is 0 Å². The molecule has 1 heterocycles. The van der Waals surface area contributed by atoms with Crippen LogP contribution >= 0.6 is 0 Å². The largest absolute Gasteiger partial charge is 0.550 e. The van der Waals surface area contributed by atoms with Gasteiger partial charge in [-0.25, -0.2) is 0 Å². The minimum atomic E-state index is -1.08. The zero-order valence-electron chi connectivity index (χ0n) is 15.1. The average Bonchev–Trinajstić information content (AvgIpc) is 2.50. The summed E-state index contributed by atoms with van der Waals surface area (Å²) in [6.45, 7) is 7.63. The Morgan fingerprint density at radius 2 is 1.23 bits per heavy atom. The second-order valence-corrected chi connectivity index (χ2v) is 6.73. The van der Waals surface area contributed by atoms with Gasteiger partial charge in [0.25, 0.3) is 0 Å². The molecule has 1 aliphatic rings. The van der Waals surface area contributed by atoms with Crippen molar-refractivity contribution in [2.45, 2.75) is 97.3 Å². The Hall–Kier alpha value is -0.570. The van der Waals surface area contributed by atoms with Gasteiger partial charge in [-0.05, 0) is 39.0 Å². The maximum absolute atomic E-state index is 8.89. The maximum Gasteiger partial charge on any atom is 0.0770 e. The number of hydrogen-bond acceptors (Lipinski definition) is 2. The Kier molecular flexibility index (Phi) is 16.4. The van der Waals surface area contributed by atoms with Gasteiger partial charge in [-0.3, -0.25) is 0 Å². The highest BCUT2D eigenvalue weighted by molar-refractivity contribution is 5.60. The second-order valence-electron chi connectivity index (χ2n) is 6.73. The van der Waals surface area contributed by atoms with Crippen molar-refractivity contribution in [2.75, 3.05) is 19.6 Å². The van der Waals surface area contributed by atoms with E-state index in [9.17, 15) is 0 Å². The molecule has 0 radical (unpaired) electrons. The number of carbonyl (C=O) groups is 1. The van der Waals surface area contributed by atoms with E-state index in [0.29, 0.717) is 0 Å². The Morgan fingerprint density at radius 3 is 1.68 bits per heavy atom. The van der Waals surface area contributed by atoms with Crippen molar-refractivity contribution >= 4 is 5.97 Å². The molecule has 0 amide bonds. The van der Waals surface area contributed by atoms with E-state index in [2.05, 4.69) is 6.92 Å². The van der Waals surface area contributed by atoms with Crippen LogP contribution in [0.5, 0.6) is 0 Å². The fraction of sp³-hybridized carbons (Fsp3) is 0.947. The number of likely N-dealkylation sites (tertiary alicyclic amines) is 1. The standard InChI is InChI=1S/C17H35N.C2H4O2/c1-2-3-4-5-6-7-8-9-10-12-15-18-16-13-11-14-17-18;1-2(3)4/h2-17H2,1H3;1H3,(H,3,4). The summed E-state index contributed by atoms with van der Waals surface area (Å²) < 4.78 is 0. The lowest BCUT2D eigenvalue weighted by molar-refractivity contribution is -0.905. The first-order valence-corrected chi connectivity index (χ1v) is 9.68. The molecule has 1 saturated heterocycles. The molecule has 3 heteroatoms. The summed E-state index contributed by atoms with van der Waals surface area (Å²) in [4.78, 5) is 10.8. The van der Waals surface area contributed by atoms with Gasteiger partial charge < -0.3 is 14.8 Å². The molecule has 0 bridgehead atoms. The normalized spacial score (nSPS) is 15.2. The van der Waals surface area contributed by atoms with Crippen molar-refractivity contribution < 1.29 is 14.8 Å². The zero-order chi connectivity index (χ0) is 16.5. The molecule has 0 aromatic carbocycles. The Labute approximate surface area is 138 Å². The Bertz CT molecular complexity index is 234. The van der Waals surface area contributed by atoms with Crippen molar-refractivity contribution in [3.63, 3.8) is 0 Å². The lowest BCUT2D eigenvalue weighted by atomic mass is 10.1. The molecular weight excluding hydrogens is 274 g/mol. The lowest BCUT2D eigenvalue weighted by Gasteiger charge is -2.23. The predicted molar refractivity (Wildman–Crippen MR) is 91.9 cm³/mol. The summed E-state index contributed by atoms with van der Waals surface area (Å²) >= 11 is 0. The van der Waals surface area contributed by atoms with E-state index in [0.717, 1.165) is 6.92 Å². The second kappa shape index (κ2) is 16.8. The molecule has 132 valence electrons. The summed E-state index contributed by atoms with van der Waals surface area (Å²) in [6.07, 6.45) is 19.1. The van der Waals surface area contributed by atoms with Crippen LogP contribution in [0, 0.1) is 0 Å². The van der Waals surface area contributed by atoms with E-state index in [-0.39, 0.29) is 0 Å². The number of aliphatic carboxylic acids is 1. The van der Waals surface area contributed by atoms with Gasteiger partial charge >= 0.3 is 0 Å². The third kappa shape index (κ3) is 17.5. The van der Waals surface area contributed by atoms with Crippen LogP contribution in [-0.2, 0) is 4.79 Å². The third-order valence-corrected chi connectivity index (χ3v) is 4.44. The van der Waals surface area contributed by atoms with Crippen molar-refractivity contribution in [1.29, 1.82) is 0 Å². The van der Waals surface area contributed by atoms with Crippen molar-refractivity contribution in [1.82, 2.24) is 0 Å². The first kappa shape index (κ1) is 21.4. The van der Waals surface area contributed by atoms with Crippen LogP contribution in [0.25, 0.3) is 0 Å². The molecule has 1 fully saturated rings. The van der Waals surface area contributed by atoms with E-state index in [4.69, 9.17) is 9.90 Å². The van der Waals surface area contributed by atoms with Gasteiger partial charge in [-0.2, -0.15) is 0 Å². The molecule has 0 atom stereocenters. The van der Waals surface area contributed by atoms with Crippen molar-refractivity contribution in [2.24, 2.45) is 0 Å². The van der Waals surface area contributed by atoms with Gasteiger partial charge in [0, 0.05) is 5.97 Å². The highest BCUT2D eigenvalue weighted by atomic mass is 16.4. The predicted octanol–water partition coefficient (Wildman–Crippen LogP) is 2.73. The fourth-order valence-corrected chi connectivity index (χ4v) is 3.16. The molecule has 0 spiro atoms. The molecule has 0 aromatic heterocycles. The number of carboxylic acids is 1. The monoisotopic (exact) mass is 313 g/mol. The molecule has 3 nitrogen and oxygen atoms in total. The first-order chi connectivity index (χ1) is 10.7. The van der Waals surface area contributed by atoms with Crippen LogP contribution < -0.4 is 10.0 Å². The van der Waals surface area contributed by atoms with Crippen LogP contribution in [0.2, 0.25) is 0 Å². The third-order valence-electron chi connectivity index (χ3n) is 4.44. The lowest BCUT2D eigenvalue weighted by Crippen LogP contribution is -3.12. The van der Waals surface area contributed by atoms with E-state index >= 15 is 0 Å². The molecule has 1 N–H and O–H groups in total. The van der Waals surface area contributed by atoms with Gasteiger partial charge in [0.05, 0.1) is 19.6 Å². The molecule has 0 unspecified atom stereocenters. The van der Waals surface area contributed by atoms with Gasteiger partial charge in [-0.1, -0.05) is 58.3 Å². The minimum absolute atomic E-state index is 0.972. The molecule has 1 rings (SSSR count). The molecule has 0 aliphatic carbocycles. The van der Waals surface area contributed by atoms with Gasteiger partial charge in [-0.15, -0.1) is 0 Å². The SMILES string of the molecule is CC(=O)[O-].CCCCCCCCCCCC[NH+]1CCCCC1. The average molecular weight is 314 g/mol. The highest BCUT2D eigenvalue weighted by Gasteiger charge is 2.11. The zero-order valence-corrected chi connectivity index (χ0v) is 15.1. The summed E-state index contributed by atoms with van der Waals surface area (Å²) in [6, 6.07) is 0. The quantitative estimate of drug-likeness (QED) is 0.596. The van der Waals surface area contributed by atoms with Crippen LogP contribution in [0.4, 0.5) is 0 Å². The van der Waals surface area contributed by atoms with Crippen LogP contribution in [0.15, 0.2) is 0 Å². The molecule has 22 heavy (non-hydrogen) atoms. The van der Waals surface area contributed by atoms with Crippen LogP contribution in [0.1, 0.15) is 97.3 Å². The summed E-state index contributed by atoms with van der Waals surface area (Å²) in [5.41, 5.74) is 0. The number of unbranched alkanes of at least 4 members (excludes halogenated alkanes) is 9. The molecule has 0 saturated carbocycles. The van der Waals surface area contributed by atoms with Gasteiger partial charge in [0.1, 0.15) is 0 Å². The van der Waals surface area contributed by atoms with E-state index in [1.807, 2.05) is 4.90 Å². The van der Waals surface area contributed by atoms with Gasteiger partial charge in [0.2, 0.25) is 0 Å². The smallest absolute Gasteiger partial charge is 0.0770 e. The number of hydrogen-bond donors (Lipinski definition) is 1. The minimum Gasteiger partial charge on any atom is -0.550 e. The van der Waals surface area contributed by atoms with Gasteiger partial charge in [0.15, 0.2) is 0 Å². The van der Waals surface area contributed by atoms with E-state index < -0.39 is 5.97 Å². The van der Waals surface area contributed by atoms with Crippen LogP contribution in [0.3, 0.4) is 0 Å². The molecule has 0 aromatic rings. The van der Waals surface area contributed by atoms with Crippen molar-refractivity contribution in [3.05, 3.63) is 0 Å². The number of carboxylic acid groups (broad SMARTS) is 1. The molecule has 1 aliphatic heterocycles. The summed E-state index contributed by atoms with van der Waals surface area (Å²) in [7, 11) is 0. The number of piperidine rings is 1.